The van der Waals surface area contributed by atoms with Gasteiger partial charge in [0, 0.05) is 31.9 Å². The minimum atomic E-state index is -4.76. The van der Waals surface area contributed by atoms with Crippen molar-refractivity contribution in [3.05, 3.63) is 42.1 Å². The van der Waals surface area contributed by atoms with E-state index in [4.69, 9.17) is 0 Å². The molecule has 18 heavy (non-hydrogen) atoms. The highest BCUT2D eigenvalue weighted by molar-refractivity contribution is 6.04. The van der Waals surface area contributed by atoms with Gasteiger partial charge >= 0.3 is 6.36 Å². The van der Waals surface area contributed by atoms with Gasteiger partial charge in [0.2, 0.25) is 0 Å². The number of benzene rings is 1. The normalized spacial score (nSPS) is 11.6. The van der Waals surface area contributed by atoms with Crippen LogP contribution < -0.4 is 4.74 Å². The molecule has 1 aromatic rings. The summed E-state index contributed by atoms with van der Waals surface area (Å²) < 4.78 is 39.7. The Labute approximate surface area is 102 Å². The molecule has 0 saturated heterocycles. The molecule has 0 fully saturated rings. The van der Waals surface area contributed by atoms with Crippen LogP contribution in [0.15, 0.2) is 36.5 Å². The number of nitrogens with zero attached hydrogens (tertiary/aromatic N) is 1. The van der Waals surface area contributed by atoms with Gasteiger partial charge in [0.25, 0.3) is 0 Å². The molecule has 1 rings (SSSR count). The molecule has 0 aliphatic rings. The van der Waals surface area contributed by atoms with Crippen LogP contribution in [0.2, 0.25) is 0 Å². The fourth-order valence-electron chi connectivity index (χ4n) is 1.16. The van der Waals surface area contributed by atoms with Crippen molar-refractivity contribution >= 4 is 5.78 Å². The summed E-state index contributed by atoms with van der Waals surface area (Å²) in [6.07, 6.45) is -1.98. The van der Waals surface area contributed by atoms with Gasteiger partial charge in [-0.15, -0.1) is 13.2 Å². The molecular weight excluding hydrogens is 247 g/mol. The lowest BCUT2D eigenvalue weighted by Crippen LogP contribution is -2.17. The van der Waals surface area contributed by atoms with E-state index < -0.39 is 17.9 Å². The molecule has 0 amide bonds. The molecular formula is C12H12F3NO2. The first kappa shape index (κ1) is 14.1. The highest BCUT2D eigenvalue weighted by Gasteiger charge is 2.31. The molecule has 1 aromatic carbocycles. The lowest BCUT2D eigenvalue weighted by atomic mass is 10.1. The first-order chi connectivity index (χ1) is 8.28. The van der Waals surface area contributed by atoms with E-state index in [0.717, 1.165) is 12.1 Å². The first-order valence-corrected chi connectivity index (χ1v) is 5.03. The topological polar surface area (TPSA) is 29.5 Å². The maximum absolute atomic E-state index is 12.0. The van der Waals surface area contributed by atoms with E-state index in [9.17, 15) is 18.0 Å². The zero-order valence-corrected chi connectivity index (χ0v) is 9.86. The fraction of sp³-hybridized carbons (Fsp3) is 0.250. The van der Waals surface area contributed by atoms with Crippen molar-refractivity contribution in [2.24, 2.45) is 0 Å². The van der Waals surface area contributed by atoms with E-state index in [2.05, 4.69) is 4.74 Å². The van der Waals surface area contributed by atoms with Crippen LogP contribution in [0.3, 0.4) is 0 Å². The van der Waals surface area contributed by atoms with Gasteiger partial charge in [-0.05, 0) is 12.1 Å². The SMILES string of the molecule is CN(C)/C=C\C(=O)c1cccc(OC(F)(F)F)c1. The number of carbonyl (C=O) groups is 1. The Morgan fingerprint density at radius 1 is 1.33 bits per heavy atom. The second-order valence-electron chi connectivity index (χ2n) is 3.72. The smallest absolute Gasteiger partial charge is 0.406 e. The van der Waals surface area contributed by atoms with Crippen LogP contribution in [-0.2, 0) is 0 Å². The van der Waals surface area contributed by atoms with E-state index in [1.165, 1.54) is 24.4 Å². The Bertz CT molecular complexity index is 453. The van der Waals surface area contributed by atoms with E-state index >= 15 is 0 Å². The Morgan fingerprint density at radius 3 is 2.56 bits per heavy atom. The number of halogens is 3. The maximum atomic E-state index is 12.0. The van der Waals surface area contributed by atoms with Crippen molar-refractivity contribution in [1.82, 2.24) is 4.90 Å². The number of allylic oxidation sites excluding steroid dienone is 1. The third kappa shape index (κ3) is 4.90. The number of alkyl halides is 3. The highest BCUT2D eigenvalue weighted by atomic mass is 19.4. The minimum absolute atomic E-state index is 0.134. The maximum Gasteiger partial charge on any atom is 0.573 e. The van der Waals surface area contributed by atoms with Crippen LogP contribution >= 0.6 is 0 Å². The predicted molar refractivity (Wildman–Crippen MR) is 60.3 cm³/mol. The van der Waals surface area contributed by atoms with Gasteiger partial charge in [0.05, 0.1) is 0 Å². The zero-order chi connectivity index (χ0) is 13.8. The molecule has 98 valence electrons. The molecule has 0 saturated carbocycles. The molecule has 0 atom stereocenters. The van der Waals surface area contributed by atoms with Crippen molar-refractivity contribution in [2.75, 3.05) is 14.1 Å². The van der Waals surface area contributed by atoms with Crippen molar-refractivity contribution in [2.45, 2.75) is 6.36 Å². The second kappa shape index (κ2) is 5.57. The van der Waals surface area contributed by atoms with E-state index in [1.54, 1.807) is 19.0 Å². The summed E-state index contributed by atoms with van der Waals surface area (Å²) in [5.74, 6) is -0.803. The molecule has 0 aliphatic heterocycles. The lowest BCUT2D eigenvalue weighted by molar-refractivity contribution is -0.274. The molecule has 0 spiro atoms. The van der Waals surface area contributed by atoms with Crippen molar-refractivity contribution in [3.8, 4) is 5.75 Å². The number of hydrogen-bond acceptors (Lipinski definition) is 3. The largest absolute Gasteiger partial charge is 0.573 e. The number of hydrogen-bond donors (Lipinski definition) is 0. The summed E-state index contributed by atoms with van der Waals surface area (Å²) in [5.41, 5.74) is 0.134. The number of ketones is 1. The third-order valence-electron chi connectivity index (χ3n) is 1.88. The van der Waals surface area contributed by atoms with E-state index in [1.807, 2.05) is 0 Å². The van der Waals surface area contributed by atoms with Gasteiger partial charge < -0.3 is 9.64 Å². The molecule has 0 N–H and O–H groups in total. The van der Waals surface area contributed by atoms with Gasteiger partial charge in [-0.1, -0.05) is 12.1 Å². The van der Waals surface area contributed by atoms with Gasteiger partial charge in [0.1, 0.15) is 5.75 Å². The van der Waals surface area contributed by atoms with E-state index in [0.29, 0.717) is 0 Å². The number of carbonyl (C=O) groups excluding carboxylic acids is 1. The predicted octanol–water partition coefficient (Wildman–Crippen LogP) is 2.84. The molecule has 6 heteroatoms. The Hall–Kier alpha value is -1.98. The molecule has 3 nitrogen and oxygen atoms in total. The van der Waals surface area contributed by atoms with Crippen LogP contribution in [0, 0.1) is 0 Å². The summed E-state index contributed by atoms with van der Waals surface area (Å²) in [6.45, 7) is 0. The van der Waals surface area contributed by atoms with Gasteiger partial charge in [0.15, 0.2) is 5.78 Å². The van der Waals surface area contributed by atoms with Crippen LogP contribution in [-0.4, -0.2) is 31.1 Å². The van der Waals surface area contributed by atoms with E-state index in [-0.39, 0.29) is 5.56 Å². The second-order valence-corrected chi connectivity index (χ2v) is 3.72. The lowest BCUT2D eigenvalue weighted by Gasteiger charge is -2.09. The molecule has 0 unspecified atom stereocenters. The molecule has 0 heterocycles. The fourth-order valence-corrected chi connectivity index (χ4v) is 1.16. The number of ether oxygens (including phenoxy) is 1. The molecule has 0 aromatic heterocycles. The van der Waals surface area contributed by atoms with Crippen molar-refractivity contribution in [1.29, 1.82) is 0 Å². The Kier molecular flexibility index (Phi) is 4.36. The van der Waals surface area contributed by atoms with Crippen LogP contribution in [0.4, 0.5) is 13.2 Å². The molecule has 0 aliphatic carbocycles. The Balaban J connectivity index is 2.85. The molecule has 0 radical (unpaired) electrons. The molecule has 0 bridgehead atoms. The van der Waals surface area contributed by atoms with Crippen molar-refractivity contribution < 1.29 is 22.7 Å². The van der Waals surface area contributed by atoms with Crippen LogP contribution in [0.1, 0.15) is 10.4 Å². The Morgan fingerprint density at radius 2 is 2.00 bits per heavy atom. The van der Waals surface area contributed by atoms with Gasteiger partial charge in [-0.25, -0.2) is 0 Å². The van der Waals surface area contributed by atoms with Gasteiger partial charge in [-0.2, -0.15) is 0 Å². The monoisotopic (exact) mass is 259 g/mol. The standard InChI is InChI=1S/C12H12F3NO2/c1-16(2)7-6-11(17)9-4-3-5-10(8-9)18-12(13,14)15/h3-8H,1-2H3/b7-6-. The average molecular weight is 259 g/mol. The summed E-state index contributed by atoms with van der Waals surface area (Å²) in [5, 5.41) is 0. The van der Waals surface area contributed by atoms with Crippen molar-refractivity contribution in [3.63, 3.8) is 0 Å². The number of rotatable bonds is 4. The van der Waals surface area contributed by atoms with Crippen LogP contribution in [0.5, 0.6) is 5.75 Å². The van der Waals surface area contributed by atoms with Gasteiger partial charge in [-0.3, -0.25) is 4.79 Å². The summed E-state index contributed by atoms with van der Waals surface area (Å²) in [4.78, 5) is 13.3. The first-order valence-electron chi connectivity index (χ1n) is 5.03. The summed E-state index contributed by atoms with van der Waals surface area (Å²) in [7, 11) is 3.46. The third-order valence-corrected chi connectivity index (χ3v) is 1.88. The highest BCUT2D eigenvalue weighted by Crippen LogP contribution is 2.23. The quantitative estimate of drug-likeness (QED) is 0.615. The van der Waals surface area contributed by atoms with Crippen LogP contribution in [0.25, 0.3) is 0 Å². The average Bonchev–Trinajstić information content (AvgIpc) is 2.23. The zero-order valence-electron chi connectivity index (χ0n) is 9.86. The minimum Gasteiger partial charge on any atom is -0.406 e. The summed E-state index contributed by atoms with van der Waals surface area (Å²) in [6, 6.07) is 4.94. The summed E-state index contributed by atoms with van der Waals surface area (Å²) >= 11 is 0.